The highest BCUT2D eigenvalue weighted by molar-refractivity contribution is 5.82. The summed E-state index contributed by atoms with van der Waals surface area (Å²) in [7, 11) is 1.67. The van der Waals surface area contributed by atoms with Crippen LogP contribution in [0.3, 0.4) is 0 Å². The molecule has 102 valence electrons. The van der Waals surface area contributed by atoms with Crippen molar-refractivity contribution >= 4 is 5.91 Å². The van der Waals surface area contributed by atoms with Gasteiger partial charge < -0.3 is 15.0 Å². The monoisotopic (exact) mass is 253 g/mol. The second kappa shape index (κ2) is 7.34. The molecule has 2 atom stereocenters. The Morgan fingerprint density at radius 1 is 1.61 bits per heavy atom. The van der Waals surface area contributed by atoms with Gasteiger partial charge in [0.2, 0.25) is 5.91 Å². The molecule has 1 amide bonds. The van der Waals surface area contributed by atoms with Crippen LogP contribution in [-0.2, 0) is 9.53 Å². The van der Waals surface area contributed by atoms with E-state index in [2.05, 4.69) is 25.2 Å². The van der Waals surface area contributed by atoms with Gasteiger partial charge in [-0.05, 0) is 12.3 Å². The van der Waals surface area contributed by atoms with Gasteiger partial charge in [-0.25, -0.2) is 0 Å². The van der Waals surface area contributed by atoms with Crippen molar-refractivity contribution in [3.05, 3.63) is 0 Å². The Hall–Kier alpha value is -1.12. The normalized spacial score (nSPS) is 23.1. The van der Waals surface area contributed by atoms with Gasteiger partial charge >= 0.3 is 0 Å². The highest BCUT2D eigenvalue weighted by Crippen LogP contribution is 2.13. The molecule has 5 nitrogen and oxygen atoms in total. The first kappa shape index (κ1) is 14.9. The van der Waals surface area contributed by atoms with Crippen LogP contribution in [0.25, 0.3) is 0 Å². The van der Waals surface area contributed by atoms with Crippen LogP contribution in [0.1, 0.15) is 26.7 Å². The van der Waals surface area contributed by atoms with Crippen molar-refractivity contribution in [2.75, 3.05) is 26.7 Å². The van der Waals surface area contributed by atoms with Crippen LogP contribution in [0.2, 0.25) is 0 Å². The van der Waals surface area contributed by atoms with Gasteiger partial charge in [0.05, 0.1) is 24.6 Å². The zero-order chi connectivity index (χ0) is 13.5. The quantitative estimate of drug-likeness (QED) is 0.759. The molecule has 1 aliphatic rings. The van der Waals surface area contributed by atoms with E-state index in [9.17, 15) is 4.79 Å². The lowest BCUT2D eigenvalue weighted by Crippen LogP contribution is -2.45. The van der Waals surface area contributed by atoms with E-state index in [1.165, 1.54) is 0 Å². The summed E-state index contributed by atoms with van der Waals surface area (Å²) in [6, 6.07) is 1.94. The van der Waals surface area contributed by atoms with Crippen LogP contribution >= 0.6 is 0 Å². The lowest BCUT2D eigenvalue weighted by atomic mass is 10.1. The predicted molar refractivity (Wildman–Crippen MR) is 68.9 cm³/mol. The molecule has 0 spiro atoms. The molecule has 1 fully saturated rings. The van der Waals surface area contributed by atoms with Crippen molar-refractivity contribution in [1.82, 2.24) is 10.2 Å². The maximum absolute atomic E-state index is 12.3. The minimum Gasteiger partial charge on any atom is -0.380 e. The lowest BCUT2D eigenvalue weighted by molar-refractivity contribution is -0.133. The third-order valence-corrected chi connectivity index (χ3v) is 3.11. The Morgan fingerprint density at radius 3 is 2.83 bits per heavy atom. The summed E-state index contributed by atoms with van der Waals surface area (Å²) >= 11 is 0. The van der Waals surface area contributed by atoms with Gasteiger partial charge in [-0.1, -0.05) is 13.8 Å². The number of ether oxygens (including phenoxy) is 1. The highest BCUT2D eigenvalue weighted by Gasteiger charge is 2.32. The number of hydrogen-bond donors (Lipinski definition) is 1. The third kappa shape index (κ3) is 4.28. The largest absolute Gasteiger partial charge is 0.380 e. The number of carbonyl (C=O) groups excluding carboxylic acids is 1. The summed E-state index contributed by atoms with van der Waals surface area (Å²) < 4.78 is 5.25. The van der Waals surface area contributed by atoms with E-state index in [1.807, 2.05) is 0 Å². The fourth-order valence-corrected chi connectivity index (χ4v) is 2.21. The van der Waals surface area contributed by atoms with Gasteiger partial charge in [0.1, 0.15) is 0 Å². The van der Waals surface area contributed by atoms with E-state index in [1.54, 1.807) is 12.0 Å². The van der Waals surface area contributed by atoms with Gasteiger partial charge in [0.15, 0.2) is 0 Å². The molecule has 1 heterocycles. The molecule has 0 radical (unpaired) electrons. The SMILES string of the molecule is COC1CNC(C(=O)N(CCC#N)CC(C)C)C1. The first-order valence-electron chi connectivity index (χ1n) is 6.50. The molecule has 0 aromatic heterocycles. The van der Waals surface area contributed by atoms with Crippen molar-refractivity contribution < 1.29 is 9.53 Å². The minimum atomic E-state index is -0.160. The summed E-state index contributed by atoms with van der Waals surface area (Å²) in [5.74, 6) is 0.505. The Kier molecular flexibility index (Phi) is 6.10. The maximum atomic E-state index is 12.3. The van der Waals surface area contributed by atoms with Gasteiger partial charge in [0.25, 0.3) is 0 Å². The standard InChI is InChI=1S/C13H23N3O2/c1-10(2)9-16(6-4-5-14)13(17)12-7-11(18-3)8-15-12/h10-12,15H,4,6-9H2,1-3H3. The molecule has 0 aromatic carbocycles. The van der Waals surface area contributed by atoms with Crippen LogP contribution in [0.15, 0.2) is 0 Å². The van der Waals surface area contributed by atoms with Gasteiger partial charge in [-0.3, -0.25) is 4.79 Å². The lowest BCUT2D eigenvalue weighted by Gasteiger charge is -2.26. The number of nitriles is 1. The summed E-state index contributed by atoms with van der Waals surface area (Å²) in [4.78, 5) is 14.1. The Balaban J connectivity index is 2.56. The van der Waals surface area contributed by atoms with E-state index < -0.39 is 0 Å². The predicted octanol–water partition coefficient (Wildman–Crippen LogP) is 0.762. The smallest absolute Gasteiger partial charge is 0.239 e. The first-order chi connectivity index (χ1) is 8.58. The Morgan fingerprint density at radius 2 is 2.33 bits per heavy atom. The molecular weight excluding hydrogens is 230 g/mol. The van der Waals surface area contributed by atoms with Gasteiger partial charge in [0, 0.05) is 26.7 Å². The van der Waals surface area contributed by atoms with Crippen LogP contribution < -0.4 is 5.32 Å². The number of amides is 1. The summed E-state index contributed by atoms with van der Waals surface area (Å²) in [5, 5.41) is 11.8. The average Bonchev–Trinajstić information content (AvgIpc) is 2.81. The van der Waals surface area contributed by atoms with Gasteiger partial charge in [-0.2, -0.15) is 5.26 Å². The molecular formula is C13H23N3O2. The van der Waals surface area contributed by atoms with E-state index >= 15 is 0 Å². The summed E-state index contributed by atoms with van der Waals surface area (Å²) in [5.41, 5.74) is 0. The molecule has 1 aliphatic heterocycles. The molecule has 0 aromatic rings. The number of nitrogens with one attached hydrogen (secondary N) is 1. The third-order valence-electron chi connectivity index (χ3n) is 3.11. The molecule has 2 unspecified atom stereocenters. The van der Waals surface area contributed by atoms with E-state index in [-0.39, 0.29) is 18.1 Å². The van der Waals surface area contributed by atoms with E-state index in [0.717, 1.165) is 13.0 Å². The number of hydrogen-bond acceptors (Lipinski definition) is 4. The van der Waals surface area contributed by atoms with E-state index in [4.69, 9.17) is 10.00 Å². The van der Waals surface area contributed by atoms with Crippen LogP contribution in [0.5, 0.6) is 0 Å². The zero-order valence-electron chi connectivity index (χ0n) is 11.5. The molecule has 0 aliphatic carbocycles. The molecule has 1 N–H and O–H groups in total. The van der Waals surface area contributed by atoms with Crippen molar-refractivity contribution in [2.45, 2.75) is 38.8 Å². The van der Waals surface area contributed by atoms with Crippen molar-refractivity contribution in [3.8, 4) is 6.07 Å². The second-order valence-corrected chi connectivity index (χ2v) is 5.14. The summed E-state index contributed by atoms with van der Waals surface area (Å²) in [6.07, 6.45) is 1.23. The molecule has 5 heteroatoms. The van der Waals surface area contributed by atoms with Crippen LogP contribution in [0.4, 0.5) is 0 Å². The van der Waals surface area contributed by atoms with E-state index in [0.29, 0.717) is 25.4 Å². The fraction of sp³-hybridized carbons (Fsp3) is 0.846. The van der Waals surface area contributed by atoms with Crippen LogP contribution in [0, 0.1) is 17.2 Å². The topological polar surface area (TPSA) is 65.4 Å². The van der Waals surface area contributed by atoms with Crippen molar-refractivity contribution in [2.24, 2.45) is 5.92 Å². The van der Waals surface area contributed by atoms with Crippen molar-refractivity contribution in [1.29, 1.82) is 5.26 Å². The molecule has 0 saturated carbocycles. The zero-order valence-corrected chi connectivity index (χ0v) is 11.5. The molecule has 1 saturated heterocycles. The highest BCUT2D eigenvalue weighted by atomic mass is 16.5. The molecule has 18 heavy (non-hydrogen) atoms. The number of carbonyl (C=O) groups is 1. The first-order valence-corrected chi connectivity index (χ1v) is 6.50. The molecule has 0 bridgehead atoms. The Labute approximate surface area is 109 Å². The number of methoxy groups -OCH3 is 1. The molecule has 1 rings (SSSR count). The summed E-state index contributed by atoms with van der Waals surface area (Å²) in [6.45, 7) is 6.10. The minimum absolute atomic E-state index is 0.0958. The second-order valence-electron chi connectivity index (χ2n) is 5.14. The number of nitrogens with zero attached hydrogens (tertiary/aromatic N) is 2. The maximum Gasteiger partial charge on any atom is 0.239 e. The number of rotatable bonds is 6. The fourth-order valence-electron chi connectivity index (χ4n) is 2.21. The van der Waals surface area contributed by atoms with Gasteiger partial charge in [-0.15, -0.1) is 0 Å². The average molecular weight is 253 g/mol. The van der Waals surface area contributed by atoms with Crippen LogP contribution in [-0.4, -0.2) is 49.7 Å². The van der Waals surface area contributed by atoms with Crippen molar-refractivity contribution in [3.63, 3.8) is 0 Å². The Bertz CT molecular complexity index is 312.